The van der Waals surface area contributed by atoms with E-state index < -0.39 is 17.7 Å². The molecule has 1 aromatic carbocycles. The highest BCUT2D eigenvalue weighted by Gasteiger charge is 2.43. The Bertz CT molecular complexity index is 698. The molecule has 0 unspecified atom stereocenters. The third kappa shape index (κ3) is 3.44. The Hall–Kier alpha value is -2.57. The summed E-state index contributed by atoms with van der Waals surface area (Å²) in [6.45, 7) is 5.59. The fraction of sp³-hybridized carbons (Fsp3) is 0.471. The first-order chi connectivity index (χ1) is 10.9. The Labute approximate surface area is 136 Å². The number of aliphatic hydroxyl groups excluding tert-OH is 1. The predicted octanol–water partition coefficient (Wildman–Crippen LogP) is 2.40. The van der Waals surface area contributed by atoms with Crippen molar-refractivity contribution in [3.8, 4) is 18.0 Å². The molecular formula is C17H20N4O2. The van der Waals surface area contributed by atoms with Gasteiger partial charge < -0.3 is 15.2 Å². The Morgan fingerprint density at radius 2 is 2.17 bits per heavy atom. The van der Waals surface area contributed by atoms with Gasteiger partial charge in [-0.15, -0.1) is 0 Å². The lowest BCUT2D eigenvalue weighted by Gasteiger charge is -2.42. The van der Waals surface area contributed by atoms with E-state index in [2.05, 4.69) is 16.4 Å². The summed E-state index contributed by atoms with van der Waals surface area (Å²) in [5, 5.41) is 31.8. The van der Waals surface area contributed by atoms with Crippen LogP contribution in [0.2, 0.25) is 0 Å². The lowest BCUT2D eigenvalue weighted by atomic mass is 9.86. The monoisotopic (exact) mass is 312 g/mol. The number of nitrogens with zero attached hydrogens (tertiary/aromatic N) is 3. The maximum absolute atomic E-state index is 10.7. The van der Waals surface area contributed by atoms with Crippen molar-refractivity contribution >= 4 is 5.84 Å². The summed E-state index contributed by atoms with van der Waals surface area (Å²) < 4.78 is 5.86. The minimum atomic E-state index is -0.857. The maximum Gasteiger partial charge on any atom is 0.207 e. The van der Waals surface area contributed by atoms with Gasteiger partial charge in [0.2, 0.25) is 6.19 Å². The van der Waals surface area contributed by atoms with Gasteiger partial charge in [0.15, 0.2) is 0 Å². The summed E-state index contributed by atoms with van der Waals surface area (Å²) in [5.41, 5.74) is 0.376. The zero-order valence-electron chi connectivity index (χ0n) is 13.5. The molecule has 120 valence electrons. The Morgan fingerprint density at radius 3 is 2.78 bits per heavy atom. The van der Waals surface area contributed by atoms with Gasteiger partial charge in [0, 0.05) is 12.0 Å². The molecule has 0 radical (unpaired) electrons. The number of amidine groups is 1. The number of hydrogen-bond donors (Lipinski definition) is 2. The molecular weight excluding hydrogens is 292 g/mol. The van der Waals surface area contributed by atoms with Crippen LogP contribution in [-0.4, -0.2) is 22.6 Å². The molecule has 0 spiro atoms. The van der Waals surface area contributed by atoms with Crippen molar-refractivity contribution in [1.29, 1.82) is 10.5 Å². The molecule has 1 heterocycles. The number of fused-ring (bicyclic) bond motifs is 1. The quantitative estimate of drug-likeness (QED) is 0.507. The molecule has 23 heavy (non-hydrogen) atoms. The number of ether oxygens (including phenoxy) is 1. The van der Waals surface area contributed by atoms with Gasteiger partial charge in [-0.05, 0) is 38.5 Å². The third-order valence-corrected chi connectivity index (χ3v) is 3.87. The Balaban J connectivity index is 2.46. The van der Waals surface area contributed by atoms with Crippen LogP contribution in [-0.2, 0) is 0 Å². The SMILES string of the molecule is CCCC(=NC#N)N[C@@H]1c2cc(C#N)ccc2OC(C)(C)[C@H]1O. The molecule has 2 N–H and O–H groups in total. The average Bonchev–Trinajstić information content (AvgIpc) is 2.51. The molecule has 1 aromatic rings. The van der Waals surface area contributed by atoms with Crippen LogP contribution in [0.25, 0.3) is 0 Å². The highest BCUT2D eigenvalue weighted by molar-refractivity contribution is 5.83. The van der Waals surface area contributed by atoms with E-state index in [9.17, 15) is 5.11 Å². The first-order valence-corrected chi connectivity index (χ1v) is 7.56. The molecule has 0 saturated heterocycles. The average molecular weight is 312 g/mol. The van der Waals surface area contributed by atoms with Gasteiger partial charge in [0.1, 0.15) is 23.3 Å². The lowest BCUT2D eigenvalue weighted by Crippen LogP contribution is -2.53. The molecule has 6 nitrogen and oxygen atoms in total. The standard InChI is InChI=1S/C17H20N4O2/c1-4-5-14(20-10-19)21-15-12-8-11(9-18)6-7-13(12)23-17(2,3)16(15)22/h6-8,15-16,22H,4-5H2,1-3H3,(H,20,21)/t15-,16+/m1/s1. The van der Waals surface area contributed by atoms with Crippen molar-refractivity contribution in [1.82, 2.24) is 5.32 Å². The van der Waals surface area contributed by atoms with E-state index in [1.54, 1.807) is 38.2 Å². The summed E-state index contributed by atoms with van der Waals surface area (Å²) >= 11 is 0. The van der Waals surface area contributed by atoms with Gasteiger partial charge in [-0.1, -0.05) is 6.92 Å². The fourth-order valence-electron chi connectivity index (χ4n) is 2.66. The van der Waals surface area contributed by atoms with Gasteiger partial charge in [-0.25, -0.2) is 0 Å². The molecule has 0 fully saturated rings. The van der Waals surface area contributed by atoms with Gasteiger partial charge in [-0.3, -0.25) is 0 Å². The Kier molecular flexibility index (Phi) is 4.88. The van der Waals surface area contributed by atoms with Crippen LogP contribution in [0.4, 0.5) is 0 Å². The molecule has 0 aliphatic carbocycles. The number of aliphatic imine (C=N–C) groups is 1. The van der Waals surface area contributed by atoms with E-state index >= 15 is 0 Å². The van der Waals surface area contributed by atoms with E-state index in [1.165, 1.54) is 0 Å². The molecule has 2 rings (SSSR count). The summed E-state index contributed by atoms with van der Waals surface area (Å²) in [5.74, 6) is 1.13. The van der Waals surface area contributed by atoms with E-state index in [1.807, 2.05) is 6.92 Å². The van der Waals surface area contributed by atoms with Crippen molar-refractivity contribution in [3.05, 3.63) is 29.3 Å². The molecule has 2 atom stereocenters. The molecule has 0 aromatic heterocycles. The lowest BCUT2D eigenvalue weighted by molar-refractivity contribution is -0.0611. The first kappa shape index (κ1) is 16.8. The second-order valence-corrected chi connectivity index (χ2v) is 6.05. The zero-order chi connectivity index (χ0) is 17.0. The number of aliphatic hydroxyl groups is 1. The minimum absolute atomic E-state index is 0.486. The van der Waals surface area contributed by atoms with Crippen LogP contribution >= 0.6 is 0 Å². The van der Waals surface area contributed by atoms with Crippen LogP contribution in [0.15, 0.2) is 23.2 Å². The van der Waals surface area contributed by atoms with Gasteiger partial charge >= 0.3 is 0 Å². The third-order valence-electron chi connectivity index (χ3n) is 3.87. The van der Waals surface area contributed by atoms with Gasteiger partial charge in [0.25, 0.3) is 0 Å². The number of benzene rings is 1. The van der Waals surface area contributed by atoms with Crippen LogP contribution in [0, 0.1) is 22.8 Å². The van der Waals surface area contributed by atoms with Crippen molar-refractivity contribution in [3.63, 3.8) is 0 Å². The number of hydrogen-bond acceptors (Lipinski definition) is 5. The molecule has 1 aliphatic heterocycles. The second-order valence-electron chi connectivity index (χ2n) is 6.05. The summed E-state index contributed by atoms with van der Waals surface area (Å²) in [7, 11) is 0. The van der Waals surface area contributed by atoms with E-state index in [0.29, 0.717) is 29.1 Å². The van der Waals surface area contributed by atoms with Crippen LogP contribution in [0.3, 0.4) is 0 Å². The normalized spacial score (nSPS) is 22.3. The molecule has 1 aliphatic rings. The second kappa shape index (κ2) is 6.68. The smallest absolute Gasteiger partial charge is 0.207 e. The van der Waals surface area contributed by atoms with Crippen molar-refractivity contribution in [2.75, 3.05) is 0 Å². The molecule has 0 saturated carbocycles. The Morgan fingerprint density at radius 1 is 1.43 bits per heavy atom. The van der Waals surface area contributed by atoms with Crippen LogP contribution in [0.1, 0.15) is 50.8 Å². The number of nitriles is 2. The predicted molar refractivity (Wildman–Crippen MR) is 85.7 cm³/mol. The van der Waals surface area contributed by atoms with Crippen molar-refractivity contribution in [2.45, 2.75) is 51.4 Å². The van der Waals surface area contributed by atoms with E-state index in [-0.39, 0.29) is 0 Å². The van der Waals surface area contributed by atoms with Crippen LogP contribution in [0.5, 0.6) is 5.75 Å². The largest absolute Gasteiger partial charge is 0.485 e. The summed E-state index contributed by atoms with van der Waals surface area (Å²) in [6, 6.07) is 6.70. The first-order valence-electron chi connectivity index (χ1n) is 7.56. The fourth-order valence-corrected chi connectivity index (χ4v) is 2.66. The van der Waals surface area contributed by atoms with Crippen molar-refractivity contribution in [2.24, 2.45) is 4.99 Å². The van der Waals surface area contributed by atoms with E-state index in [4.69, 9.17) is 15.3 Å². The summed E-state index contributed by atoms with van der Waals surface area (Å²) in [6.07, 6.45) is 2.35. The topological polar surface area (TPSA) is 101 Å². The summed E-state index contributed by atoms with van der Waals surface area (Å²) in [4.78, 5) is 3.80. The highest BCUT2D eigenvalue weighted by atomic mass is 16.5. The van der Waals surface area contributed by atoms with E-state index in [0.717, 1.165) is 6.42 Å². The zero-order valence-corrected chi connectivity index (χ0v) is 13.5. The van der Waals surface area contributed by atoms with Gasteiger partial charge in [-0.2, -0.15) is 15.5 Å². The van der Waals surface area contributed by atoms with Gasteiger partial charge in [0.05, 0.1) is 17.7 Å². The number of nitrogens with one attached hydrogen (secondary N) is 1. The molecule has 0 amide bonds. The number of rotatable bonds is 3. The van der Waals surface area contributed by atoms with Crippen LogP contribution < -0.4 is 10.1 Å². The highest BCUT2D eigenvalue weighted by Crippen LogP contribution is 2.40. The molecule has 0 bridgehead atoms. The molecule has 6 heteroatoms. The minimum Gasteiger partial charge on any atom is -0.485 e. The maximum atomic E-state index is 10.7. The van der Waals surface area contributed by atoms with Crippen molar-refractivity contribution < 1.29 is 9.84 Å².